The Labute approximate surface area is 164 Å². The van der Waals surface area contributed by atoms with Gasteiger partial charge in [0.15, 0.2) is 0 Å². The SMILES string of the molecule is CCCn1c(=O)[nH]c2sc3c(c2c1=O)CCN(C(=O)c1ccc(F)c(C)c1)C3. The van der Waals surface area contributed by atoms with Crippen LogP contribution < -0.4 is 11.2 Å². The lowest BCUT2D eigenvalue weighted by molar-refractivity contribution is 0.0737. The largest absolute Gasteiger partial charge is 0.333 e. The van der Waals surface area contributed by atoms with Crippen LogP contribution in [0.3, 0.4) is 0 Å². The molecule has 146 valence electrons. The fourth-order valence-electron chi connectivity index (χ4n) is 3.67. The summed E-state index contributed by atoms with van der Waals surface area (Å²) in [6.45, 7) is 4.77. The number of fused-ring (bicyclic) bond motifs is 3. The number of hydrogen-bond donors (Lipinski definition) is 1. The first-order valence-electron chi connectivity index (χ1n) is 9.23. The minimum absolute atomic E-state index is 0.164. The number of aromatic nitrogens is 2. The van der Waals surface area contributed by atoms with Crippen LogP contribution in [-0.2, 0) is 19.5 Å². The normalized spacial score (nSPS) is 13.8. The molecule has 0 aliphatic carbocycles. The Bertz CT molecular complexity index is 1210. The third kappa shape index (κ3) is 2.97. The minimum atomic E-state index is -0.396. The number of thiophene rings is 1. The summed E-state index contributed by atoms with van der Waals surface area (Å²) in [6.07, 6.45) is 1.24. The number of aromatic amines is 1. The zero-order chi connectivity index (χ0) is 20.0. The highest BCUT2D eigenvalue weighted by molar-refractivity contribution is 7.18. The number of H-pyrrole nitrogens is 1. The molecule has 8 heteroatoms. The van der Waals surface area contributed by atoms with Crippen molar-refractivity contribution in [3.63, 3.8) is 0 Å². The van der Waals surface area contributed by atoms with Crippen molar-refractivity contribution >= 4 is 27.5 Å². The molecule has 1 N–H and O–H groups in total. The van der Waals surface area contributed by atoms with Gasteiger partial charge in [0, 0.05) is 23.5 Å². The molecule has 1 aliphatic rings. The first kappa shape index (κ1) is 18.6. The van der Waals surface area contributed by atoms with Crippen LogP contribution in [0.1, 0.15) is 39.7 Å². The number of nitrogens with one attached hydrogen (secondary N) is 1. The summed E-state index contributed by atoms with van der Waals surface area (Å²) in [5.74, 6) is -0.502. The van der Waals surface area contributed by atoms with Crippen LogP contribution >= 0.6 is 11.3 Å². The zero-order valence-electron chi connectivity index (χ0n) is 15.7. The van der Waals surface area contributed by atoms with Crippen LogP contribution in [-0.4, -0.2) is 26.9 Å². The van der Waals surface area contributed by atoms with Crippen LogP contribution in [0.4, 0.5) is 4.39 Å². The van der Waals surface area contributed by atoms with Gasteiger partial charge < -0.3 is 4.90 Å². The van der Waals surface area contributed by atoms with Crippen LogP contribution in [0.5, 0.6) is 0 Å². The van der Waals surface area contributed by atoms with Gasteiger partial charge in [-0.2, -0.15) is 0 Å². The van der Waals surface area contributed by atoms with Crippen molar-refractivity contribution in [2.45, 2.75) is 39.8 Å². The number of carbonyl (C=O) groups excluding carboxylic acids is 1. The van der Waals surface area contributed by atoms with Gasteiger partial charge >= 0.3 is 5.69 Å². The van der Waals surface area contributed by atoms with Crippen molar-refractivity contribution in [3.8, 4) is 0 Å². The second-order valence-corrected chi connectivity index (χ2v) is 8.14. The first-order valence-corrected chi connectivity index (χ1v) is 10.0. The maximum absolute atomic E-state index is 13.5. The summed E-state index contributed by atoms with van der Waals surface area (Å²) < 4.78 is 14.7. The third-order valence-electron chi connectivity index (χ3n) is 5.12. The van der Waals surface area contributed by atoms with Gasteiger partial charge in [-0.25, -0.2) is 9.18 Å². The molecule has 0 fully saturated rings. The molecule has 0 bridgehead atoms. The molecule has 3 aromatic rings. The van der Waals surface area contributed by atoms with Gasteiger partial charge in [-0.05, 0) is 49.1 Å². The summed E-state index contributed by atoms with van der Waals surface area (Å²) in [7, 11) is 0. The molecule has 3 heterocycles. The van der Waals surface area contributed by atoms with Gasteiger partial charge in [0.05, 0.1) is 11.9 Å². The molecule has 0 saturated carbocycles. The van der Waals surface area contributed by atoms with E-state index in [2.05, 4.69) is 4.98 Å². The van der Waals surface area contributed by atoms with Gasteiger partial charge in [-0.3, -0.25) is 19.1 Å². The molecule has 2 aromatic heterocycles. The van der Waals surface area contributed by atoms with Crippen molar-refractivity contribution in [1.82, 2.24) is 14.5 Å². The van der Waals surface area contributed by atoms with Crippen LogP contribution in [0.15, 0.2) is 27.8 Å². The molecule has 0 radical (unpaired) electrons. The summed E-state index contributed by atoms with van der Waals surface area (Å²) >= 11 is 1.35. The quantitative estimate of drug-likeness (QED) is 0.733. The maximum atomic E-state index is 13.5. The number of amides is 1. The molecule has 1 amide bonds. The Balaban J connectivity index is 1.71. The smallest absolute Gasteiger partial charge is 0.329 e. The van der Waals surface area contributed by atoms with Crippen molar-refractivity contribution in [1.29, 1.82) is 0 Å². The van der Waals surface area contributed by atoms with E-state index in [1.165, 1.54) is 28.0 Å². The van der Waals surface area contributed by atoms with Gasteiger partial charge in [0.1, 0.15) is 10.6 Å². The topological polar surface area (TPSA) is 75.2 Å². The van der Waals surface area contributed by atoms with E-state index < -0.39 is 5.69 Å². The van der Waals surface area contributed by atoms with Crippen molar-refractivity contribution < 1.29 is 9.18 Å². The summed E-state index contributed by atoms with van der Waals surface area (Å²) in [5, 5.41) is 0.567. The molecule has 0 atom stereocenters. The molecule has 0 spiro atoms. The van der Waals surface area contributed by atoms with Gasteiger partial charge in [-0.15, -0.1) is 11.3 Å². The predicted octanol–water partition coefficient (Wildman–Crippen LogP) is 2.81. The monoisotopic (exact) mass is 401 g/mol. The fourth-order valence-corrected chi connectivity index (χ4v) is 4.91. The second-order valence-electron chi connectivity index (χ2n) is 7.04. The Hall–Kier alpha value is -2.74. The molecule has 1 aromatic carbocycles. The molecule has 1 aliphatic heterocycles. The third-order valence-corrected chi connectivity index (χ3v) is 6.25. The molecule has 28 heavy (non-hydrogen) atoms. The molecule has 4 rings (SSSR count). The minimum Gasteiger partial charge on any atom is -0.333 e. The van der Waals surface area contributed by atoms with Gasteiger partial charge in [0.2, 0.25) is 0 Å². The highest BCUT2D eigenvalue weighted by Crippen LogP contribution is 2.32. The second kappa shape index (κ2) is 7.01. The molecule has 0 unspecified atom stereocenters. The number of rotatable bonds is 3. The zero-order valence-corrected chi connectivity index (χ0v) is 16.5. The van der Waals surface area contributed by atoms with Crippen molar-refractivity contribution in [2.75, 3.05) is 6.54 Å². The highest BCUT2D eigenvalue weighted by atomic mass is 32.1. The standard InChI is InChI=1S/C20H20FN3O3S/c1-3-7-24-19(26)16-13-6-8-23(10-15(13)28-17(16)22-20(24)27)18(25)12-4-5-14(21)11(2)9-12/h4-5,9H,3,6-8,10H2,1-2H3,(H,22,27). The van der Waals surface area contributed by atoms with Crippen LogP contribution in [0.2, 0.25) is 0 Å². The lowest BCUT2D eigenvalue weighted by atomic mass is 10.0. The number of halogens is 1. The van der Waals surface area contributed by atoms with E-state index in [9.17, 15) is 18.8 Å². The highest BCUT2D eigenvalue weighted by Gasteiger charge is 2.27. The van der Waals surface area contributed by atoms with E-state index in [4.69, 9.17) is 0 Å². The number of hydrogen-bond acceptors (Lipinski definition) is 4. The molecule has 6 nitrogen and oxygen atoms in total. The molecular weight excluding hydrogens is 381 g/mol. The average Bonchev–Trinajstić information content (AvgIpc) is 3.04. The molecular formula is C20H20FN3O3S. The summed E-state index contributed by atoms with van der Waals surface area (Å²) in [4.78, 5) is 43.8. The van der Waals surface area contributed by atoms with E-state index in [1.807, 2.05) is 6.92 Å². The number of benzene rings is 1. The Morgan fingerprint density at radius 3 is 2.82 bits per heavy atom. The van der Waals surface area contributed by atoms with E-state index in [-0.39, 0.29) is 17.3 Å². The maximum Gasteiger partial charge on any atom is 0.329 e. The Morgan fingerprint density at radius 2 is 2.11 bits per heavy atom. The summed E-state index contributed by atoms with van der Waals surface area (Å²) in [6, 6.07) is 4.35. The number of nitrogens with zero attached hydrogens (tertiary/aromatic N) is 2. The van der Waals surface area contributed by atoms with E-state index in [1.54, 1.807) is 17.9 Å². The van der Waals surface area contributed by atoms with Crippen molar-refractivity contribution in [3.05, 3.63) is 66.4 Å². The lowest BCUT2D eigenvalue weighted by Crippen LogP contribution is -2.37. The first-order chi connectivity index (χ1) is 13.4. The van der Waals surface area contributed by atoms with Crippen molar-refractivity contribution in [2.24, 2.45) is 0 Å². The van der Waals surface area contributed by atoms with E-state index in [0.29, 0.717) is 53.8 Å². The Kier molecular flexibility index (Phi) is 4.66. The van der Waals surface area contributed by atoms with E-state index >= 15 is 0 Å². The molecule has 0 saturated heterocycles. The number of carbonyl (C=O) groups is 1. The predicted molar refractivity (Wildman–Crippen MR) is 107 cm³/mol. The Morgan fingerprint density at radius 1 is 1.32 bits per heavy atom. The fraction of sp³-hybridized carbons (Fsp3) is 0.350. The van der Waals surface area contributed by atoms with Gasteiger partial charge in [0.25, 0.3) is 11.5 Å². The van der Waals surface area contributed by atoms with Crippen LogP contribution in [0, 0.1) is 12.7 Å². The average molecular weight is 401 g/mol. The lowest BCUT2D eigenvalue weighted by Gasteiger charge is -2.27. The summed E-state index contributed by atoms with van der Waals surface area (Å²) in [5.41, 5.74) is 1.15. The van der Waals surface area contributed by atoms with Crippen LogP contribution in [0.25, 0.3) is 10.2 Å². The number of aryl methyl sites for hydroxylation is 1. The van der Waals surface area contributed by atoms with E-state index in [0.717, 1.165) is 10.4 Å². The van der Waals surface area contributed by atoms with Gasteiger partial charge in [-0.1, -0.05) is 6.92 Å².